The lowest BCUT2D eigenvalue weighted by Crippen LogP contribution is -2.21. The first-order valence-corrected chi connectivity index (χ1v) is 4.24. The summed E-state index contributed by atoms with van der Waals surface area (Å²) in [5.74, 6) is 1.36. The molecule has 1 rings (SSSR count). The minimum atomic E-state index is 0.611. The molecule has 0 saturated carbocycles. The Morgan fingerprint density at radius 3 is 2.60 bits per heavy atom. The zero-order valence-electron chi connectivity index (χ0n) is 6.85. The van der Waals surface area contributed by atoms with E-state index in [4.69, 9.17) is 12.2 Å². The van der Waals surface area contributed by atoms with E-state index in [1.807, 2.05) is 0 Å². The molecule has 0 fully saturated rings. The summed E-state index contributed by atoms with van der Waals surface area (Å²) < 4.78 is 0. The highest BCUT2D eigenvalue weighted by Crippen LogP contribution is 2.26. The second kappa shape index (κ2) is 2.83. The van der Waals surface area contributed by atoms with Crippen LogP contribution in [-0.4, -0.2) is 4.86 Å². The van der Waals surface area contributed by atoms with Crippen molar-refractivity contribution in [2.75, 3.05) is 0 Å². The molecule has 0 aromatic heterocycles. The van der Waals surface area contributed by atoms with Gasteiger partial charge >= 0.3 is 0 Å². The quantitative estimate of drug-likeness (QED) is 0.483. The predicted octanol–water partition coefficient (Wildman–Crippen LogP) is 2.98. The summed E-state index contributed by atoms with van der Waals surface area (Å²) in [7, 11) is 0. The Kier molecular flexibility index (Phi) is 2.24. The molecule has 1 heteroatoms. The van der Waals surface area contributed by atoms with Gasteiger partial charge in [-0.1, -0.05) is 32.1 Å². The van der Waals surface area contributed by atoms with Gasteiger partial charge in [0.15, 0.2) is 0 Å². The molecule has 0 bridgehead atoms. The van der Waals surface area contributed by atoms with Gasteiger partial charge in [-0.25, -0.2) is 0 Å². The van der Waals surface area contributed by atoms with E-state index >= 15 is 0 Å². The average molecular weight is 154 g/mol. The molecule has 2 unspecified atom stereocenters. The molecule has 0 N–H and O–H groups in total. The lowest BCUT2D eigenvalue weighted by molar-refractivity contribution is 0.484. The Hall–Kier alpha value is -0.170. The van der Waals surface area contributed by atoms with E-state index < -0.39 is 0 Å². The minimum absolute atomic E-state index is 0.611. The van der Waals surface area contributed by atoms with Crippen molar-refractivity contribution in [3.8, 4) is 0 Å². The van der Waals surface area contributed by atoms with Crippen LogP contribution >= 0.6 is 12.2 Å². The monoisotopic (exact) mass is 154 g/mol. The van der Waals surface area contributed by atoms with E-state index in [2.05, 4.69) is 26.8 Å². The Morgan fingerprint density at radius 1 is 1.50 bits per heavy atom. The summed E-state index contributed by atoms with van der Waals surface area (Å²) in [4.78, 5) is 1.17. The van der Waals surface area contributed by atoms with Gasteiger partial charge in [0.25, 0.3) is 0 Å². The van der Waals surface area contributed by atoms with Crippen LogP contribution in [0.1, 0.15) is 27.2 Å². The molecule has 0 aromatic rings. The van der Waals surface area contributed by atoms with Crippen LogP contribution in [0.15, 0.2) is 11.6 Å². The Labute approximate surface area is 68.3 Å². The highest BCUT2D eigenvalue weighted by Gasteiger charge is 2.20. The molecule has 0 amide bonds. The highest BCUT2D eigenvalue weighted by atomic mass is 32.1. The van der Waals surface area contributed by atoms with E-state index in [1.165, 1.54) is 16.9 Å². The van der Waals surface area contributed by atoms with Crippen LogP contribution in [0.25, 0.3) is 0 Å². The maximum atomic E-state index is 5.26. The molecule has 0 aromatic carbocycles. The van der Waals surface area contributed by atoms with Gasteiger partial charge in [0, 0.05) is 4.86 Å². The zero-order valence-corrected chi connectivity index (χ0v) is 7.66. The molecule has 2 atom stereocenters. The van der Waals surface area contributed by atoms with Crippen LogP contribution in [-0.2, 0) is 0 Å². The third kappa shape index (κ3) is 1.29. The standard InChI is InChI=1S/C9H14S/c1-6-4-5-7(2)9(10)8(6)3/h5-6,8H,4H2,1-3H3. The third-order valence-corrected chi connectivity index (χ3v) is 3.15. The molecule has 10 heavy (non-hydrogen) atoms. The fourth-order valence-electron chi connectivity index (χ4n) is 1.28. The van der Waals surface area contributed by atoms with Crippen LogP contribution in [0.2, 0.25) is 0 Å². The van der Waals surface area contributed by atoms with Crippen molar-refractivity contribution in [1.29, 1.82) is 0 Å². The molecule has 0 spiro atoms. The number of allylic oxidation sites excluding steroid dienone is 2. The van der Waals surface area contributed by atoms with Gasteiger partial charge in [-0.3, -0.25) is 0 Å². The van der Waals surface area contributed by atoms with Gasteiger partial charge in [-0.05, 0) is 30.8 Å². The van der Waals surface area contributed by atoms with E-state index in [0.29, 0.717) is 5.92 Å². The lowest BCUT2D eigenvalue weighted by Gasteiger charge is -2.24. The maximum Gasteiger partial charge on any atom is 0.0209 e. The lowest BCUT2D eigenvalue weighted by atomic mass is 9.82. The average Bonchev–Trinajstić information content (AvgIpc) is 1.93. The summed E-state index contributed by atoms with van der Waals surface area (Å²) in [6, 6.07) is 0. The number of rotatable bonds is 0. The smallest absolute Gasteiger partial charge is 0.0209 e. The first-order valence-electron chi connectivity index (χ1n) is 3.84. The van der Waals surface area contributed by atoms with Crippen molar-refractivity contribution in [1.82, 2.24) is 0 Å². The zero-order chi connectivity index (χ0) is 7.72. The summed E-state index contributed by atoms with van der Waals surface area (Å²) >= 11 is 5.26. The Bertz CT molecular complexity index is 179. The fourth-order valence-corrected chi connectivity index (χ4v) is 1.60. The molecule has 0 nitrogen and oxygen atoms in total. The van der Waals surface area contributed by atoms with Crippen molar-refractivity contribution < 1.29 is 0 Å². The first-order chi connectivity index (χ1) is 4.63. The molecule has 56 valence electrons. The van der Waals surface area contributed by atoms with Gasteiger partial charge in [0.05, 0.1) is 0 Å². The molecular weight excluding hydrogens is 140 g/mol. The molecule has 1 aliphatic rings. The molecule has 0 saturated heterocycles. The van der Waals surface area contributed by atoms with Crippen LogP contribution < -0.4 is 0 Å². The number of hydrogen-bond donors (Lipinski definition) is 0. The molecule has 1 aliphatic carbocycles. The van der Waals surface area contributed by atoms with Crippen LogP contribution in [0, 0.1) is 11.8 Å². The van der Waals surface area contributed by atoms with Crippen molar-refractivity contribution >= 4 is 17.1 Å². The van der Waals surface area contributed by atoms with Crippen LogP contribution in [0.5, 0.6) is 0 Å². The van der Waals surface area contributed by atoms with Crippen molar-refractivity contribution in [3.63, 3.8) is 0 Å². The molecule has 0 radical (unpaired) electrons. The second-order valence-corrected chi connectivity index (χ2v) is 3.69. The van der Waals surface area contributed by atoms with Crippen LogP contribution in [0.4, 0.5) is 0 Å². The van der Waals surface area contributed by atoms with E-state index in [0.717, 1.165) is 5.92 Å². The SMILES string of the molecule is CC1=CCC(C)C(C)C1=S. The van der Waals surface area contributed by atoms with Gasteiger partial charge in [0.2, 0.25) is 0 Å². The summed E-state index contributed by atoms with van der Waals surface area (Å²) in [5.41, 5.74) is 1.32. The summed E-state index contributed by atoms with van der Waals surface area (Å²) in [5, 5.41) is 0. The van der Waals surface area contributed by atoms with Crippen molar-refractivity contribution in [3.05, 3.63) is 11.6 Å². The van der Waals surface area contributed by atoms with Gasteiger partial charge in [-0.15, -0.1) is 0 Å². The Balaban J connectivity index is 2.81. The number of thiocarbonyl (C=S) groups is 1. The second-order valence-electron chi connectivity index (χ2n) is 3.25. The third-order valence-electron chi connectivity index (χ3n) is 2.45. The summed E-state index contributed by atoms with van der Waals surface area (Å²) in [6.07, 6.45) is 3.46. The normalized spacial score (nSPS) is 33.9. The maximum absolute atomic E-state index is 5.26. The Morgan fingerprint density at radius 2 is 2.10 bits per heavy atom. The minimum Gasteiger partial charge on any atom is -0.0843 e. The molecule has 0 heterocycles. The van der Waals surface area contributed by atoms with Gasteiger partial charge in [-0.2, -0.15) is 0 Å². The number of hydrogen-bond acceptors (Lipinski definition) is 1. The van der Waals surface area contributed by atoms with E-state index in [-0.39, 0.29) is 0 Å². The first kappa shape index (κ1) is 7.93. The van der Waals surface area contributed by atoms with Crippen molar-refractivity contribution in [2.24, 2.45) is 11.8 Å². The largest absolute Gasteiger partial charge is 0.0843 e. The fraction of sp³-hybridized carbons (Fsp3) is 0.667. The van der Waals surface area contributed by atoms with Crippen molar-refractivity contribution in [2.45, 2.75) is 27.2 Å². The van der Waals surface area contributed by atoms with Gasteiger partial charge < -0.3 is 0 Å². The van der Waals surface area contributed by atoms with E-state index in [1.54, 1.807) is 0 Å². The predicted molar refractivity (Wildman–Crippen MR) is 49.3 cm³/mol. The van der Waals surface area contributed by atoms with E-state index in [9.17, 15) is 0 Å². The highest BCUT2D eigenvalue weighted by molar-refractivity contribution is 7.80. The molecule has 0 aliphatic heterocycles. The topological polar surface area (TPSA) is 0 Å². The molecular formula is C9H14S. The summed E-state index contributed by atoms with van der Waals surface area (Å²) in [6.45, 7) is 6.61. The van der Waals surface area contributed by atoms with Gasteiger partial charge in [0.1, 0.15) is 0 Å². The van der Waals surface area contributed by atoms with Crippen LogP contribution in [0.3, 0.4) is 0 Å².